The summed E-state index contributed by atoms with van der Waals surface area (Å²) in [5.41, 5.74) is -3.71. The van der Waals surface area contributed by atoms with Gasteiger partial charge < -0.3 is 9.31 Å². The lowest BCUT2D eigenvalue weighted by atomic mass is 9.78. The molecule has 21 heavy (non-hydrogen) atoms. The summed E-state index contributed by atoms with van der Waals surface area (Å²) in [6.45, 7) is 6.82. The van der Waals surface area contributed by atoms with E-state index >= 15 is 0 Å². The maximum absolute atomic E-state index is 14.1. The Balaban J connectivity index is 2.64. The summed E-state index contributed by atoms with van der Waals surface area (Å²) in [4.78, 5) is 0. The molecule has 1 saturated heterocycles. The van der Waals surface area contributed by atoms with Gasteiger partial charge >= 0.3 is 13.3 Å². The lowest BCUT2D eigenvalue weighted by Crippen LogP contribution is -2.41. The summed E-state index contributed by atoms with van der Waals surface area (Å²) < 4.78 is 78.9. The second kappa shape index (κ2) is 4.96. The number of hydrogen-bond acceptors (Lipinski definition) is 2. The molecule has 0 saturated carbocycles. The van der Waals surface area contributed by atoms with Gasteiger partial charge in [0.05, 0.1) is 13.9 Å². The molecule has 2 nitrogen and oxygen atoms in total. The molecule has 0 unspecified atom stereocenters. The van der Waals surface area contributed by atoms with E-state index in [0.29, 0.717) is 0 Å². The van der Waals surface area contributed by atoms with E-state index in [1.54, 1.807) is 27.7 Å². The molecule has 0 bridgehead atoms. The molecule has 0 aliphatic carbocycles. The number of rotatable bonds is 1. The van der Waals surface area contributed by atoms with Gasteiger partial charge in [0, 0.05) is 4.47 Å². The fourth-order valence-electron chi connectivity index (χ4n) is 1.82. The van der Waals surface area contributed by atoms with Gasteiger partial charge in [0.1, 0.15) is 11.4 Å². The largest absolute Gasteiger partial charge is 0.494 e. The number of alkyl halides is 3. The molecule has 1 aliphatic heterocycles. The van der Waals surface area contributed by atoms with Crippen LogP contribution in [-0.2, 0) is 15.5 Å². The van der Waals surface area contributed by atoms with Gasteiger partial charge in [-0.1, -0.05) is 15.9 Å². The average molecular weight is 371 g/mol. The van der Waals surface area contributed by atoms with Crippen molar-refractivity contribution in [1.82, 2.24) is 0 Å². The summed E-state index contributed by atoms with van der Waals surface area (Å²) >= 11 is 2.61. The Morgan fingerprint density at radius 2 is 1.62 bits per heavy atom. The topological polar surface area (TPSA) is 18.5 Å². The Morgan fingerprint density at radius 3 is 2.05 bits per heavy atom. The number of halogens is 5. The summed E-state index contributed by atoms with van der Waals surface area (Å²) in [6, 6.07) is -1.73. The SMILES string of the molecule is [2H]c1c(F)c(C(F)(F)F)c(Br)c([2H])c1B1OC(C)(C)C(C)(C)O1. The van der Waals surface area contributed by atoms with Gasteiger partial charge in [-0.15, -0.1) is 0 Å². The van der Waals surface area contributed by atoms with E-state index in [1.807, 2.05) is 0 Å². The summed E-state index contributed by atoms with van der Waals surface area (Å²) in [6.07, 6.45) is -5.02. The van der Waals surface area contributed by atoms with Crippen molar-refractivity contribution >= 4 is 28.5 Å². The highest BCUT2D eigenvalue weighted by Crippen LogP contribution is 2.39. The van der Waals surface area contributed by atoms with Crippen LogP contribution in [0.15, 0.2) is 16.6 Å². The zero-order chi connectivity index (χ0) is 18.0. The highest BCUT2D eigenvalue weighted by Gasteiger charge is 2.52. The van der Waals surface area contributed by atoms with Crippen molar-refractivity contribution in [3.05, 3.63) is 27.9 Å². The molecule has 116 valence electrons. The van der Waals surface area contributed by atoms with Gasteiger partial charge in [0.25, 0.3) is 0 Å². The van der Waals surface area contributed by atoms with Crippen LogP contribution < -0.4 is 5.46 Å². The minimum Gasteiger partial charge on any atom is -0.399 e. The molecular weight excluding hydrogens is 355 g/mol. The minimum atomic E-state index is -5.02. The molecule has 0 aromatic heterocycles. The second-order valence-corrected chi connectivity index (χ2v) is 6.55. The van der Waals surface area contributed by atoms with Crippen LogP contribution in [-0.4, -0.2) is 18.3 Å². The molecule has 1 aliphatic rings. The first-order valence-electron chi connectivity index (χ1n) is 7.11. The Kier molecular flexibility index (Phi) is 3.31. The van der Waals surface area contributed by atoms with Crippen LogP contribution in [0.25, 0.3) is 0 Å². The normalized spacial score (nSPS) is 22.2. The van der Waals surface area contributed by atoms with Gasteiger partial charge in [0.2, 0.25) is 0 Å². The van der Waals surface area contributed by atoms with E-state index in [9.17, 15) is 17.6 Å². The van der Waals surface area contributed by atoms with E-state index in [0.717, 1.165) is 0 Å². The lowest BCUT2D eigenvalue weighted by molar-refractivity contribution is -0.140. The van der Waals surface area contributed by atoms with E-state index in [4.69, 9.17) is 12.1 Å². The van der Waals surface area contributed by atoms with Crippen molar-refractivity contribution in [1.29, 1.82) is 0 Å². The number of benzene rings is 1. The van der Waals surface area contributed by atoms with Crippen LogP contribution in [0.5, 0.6) is 0 Å². The van der Waals surface area contributed by atoms with Crippen LogP contribution in [0.4, 0.5) is 17.6 Å². The highest BCUT2D eigenvalue weighted by molar-refractivity contribution is 9.10. The minimum absolute atomic E-state index is 0.374. The Labute approximate surface area is 131 Å². The van der Waals surface area contributed by atoms with Crippen LogP contribution in [0.1, 0.15) is 36.0 Å². The van der Waals surface area contributed by atoms with Crippen LogP contribution in [0.2, 0.25) is 0 Å². The third kappa shape index (κ3) is 2.98. The van der Waals surface area contributed by atoms with Crippen molar-refractivity contribution in [2.45, 2.75) is 45.1 Å². The van der Waals surface area contributed by atoms with E-state index in [-0.39, 0.29) is 5.46 Å². The quantitative estimate of drug-likeness (QED) is 0.551. The molecule has 0 atom stereocenters. The maximum Gasteiger partial charge on any atom is 0.494 e. The maximum atomic E-state index is 14.1. The first-order chi connectivity index (χ1) is 10.2. The van der Waals surface area contributed by atoms with Crippen LogP contribution >= 0.6 is 15.9 Å². The van der Waals surface area contributed by atoms with E-state index < -0.39 is 52.4 Å². The molecule has 8 heteroatoms. The molecule has 1 heterocycles. The van der Waals surface area contributed by atoms with Gasteiger partial charge in [-0.25, -0.2) is 4.39 Å². The van der Waals surface area contributed by atoms with E-state index in [1.165, 1.54) is 0 Å². The van der Waals surface area contributed by atoms with Gasteiger partial charge in [-0.05, 0) is 45.2 Å². The predicted molar refractivity (Wildman–Crippen MR) is 74.8 cm³/mol. The summed E-state index contributed by atoms with van der Waals surface area (Å²) in [5, 5.41) is 0. The van der Waals surface area contributed by atoms with Crippen LogP contribution in [0, 0.1) is 5.82 Å². The second-order valence-electron chi connectivity index (χ2n) is 5.75. The van der Waals surface area contributed by atoms with Gasteiger partial charge in [-0.2, -0.15) is 13.2 Å². The van der Waals surface area contributed by atoms with Gasteiger partial charge in [0.15, 0.2) is 0 Å². The third-order valence-electron chi connectivity index (χ3n) is 3.70. The van der Waals surface area contributed by atoms with Crippen molar-refractivity contribution < 1.29 is 29.6 Å². The first-order valence-corrected chi connectivity index (χ1v) is 6.91. The molecule has 0 radical (unpaired) electrons. The van der Waals surface area contributed by atoms with Crippen LogP contribution in [0.3, 0.4) is 0 Å². The zero-order valence-electron chi connectivity index (χ0n) is 13.8. The standard InChI is InChI=1S/C13H14BBrF4O2/c1-11(2)12(3,4)21-14(20-11)7-5-8(15)10(9(16)6-7)13(17,18)19/h5-6H,1-4H3/i5D,6D. The molecule has 2 rings (SSSR count). The summed E-state index contributed by atoms with van der Waals surface area (Å²) in [7, 11) is -1.30. The first kappa shape index (κ1) is 14.0. The van der Waals surface area contributed by atoms with Crippen molar-refractivity contribution in [2.24, 2.45) is 0 Å². The Hall–Kier alpha value is -0.595. The van der Waals surface area contributed by atoms with Crippen molar-refractivity contribution in [3.63, 3.8) is 0 Å². The molecular formula is C13H14BBrF4O2. The van der Waals surface area contributed by atoms with Crippen molar-refractivity contribution in [3.8, 4) is 0 Å². The molecule has 1 aromatic rings. The summed E-state index contributed by atoms with van der Waals surface area (Å²) in [5.74, 6) is -1.76. The molecule has 0 amide bonds. The molecule has 1 aromatic carbocycles. The number of hydrogen-bond donors (Lipinski definition) is 0. The predicted octanol–water partition coefficient (Wildman–Crippen LogP) is 3.91. The monoisotopic (exact) mass is 370 g/mol. The fourth-order valence-corrected chi connectivity index (χ4v) is 2.43. The van der Waals surface area contributed by atoms with E-state index in [2.05, 4.69) is 15.9 Å². The molecule has 1 fully saturated rings. The average Bonchev–Trinajstić information content (AvgIpc) is 2.54. The molecule has 0 spiro atoms. The Bertz CT molecular complexity index is 619. The van der Waals surface area contributed by atoms with Crippen molar-refractivity contribution in [2.75, 3.05) is 0 Å². The highest BCUT2D eigenvalue weighted by atomic mass is 79.9. The Morgan fingerprint density at radius 1 is 1.14 bits per heavy atom. The molecule has 0 N–H and O–H groups in total. The fraction of sp³-hybridized carbons (Fsp3) is 0.538. The lowest BCUT2D eigenvalue weighted by Gasteiger charge is -2.32. The van der Waals surface area contributed by atoms with Gasteiger partial charge in [-0.3, -0.25) is 0 Å². The third-order valence-corrected chi connectivity index (χ3v) is 4.29. The smallest absolute Gasteiger partial charge is 0.399 e. The zero-order valence-corrected chi connectivity index (χ0v) is 13.4.